The van der Waals surface area contributed by atoms with E-state index in [1.54, 1.807) is 18.2 Å². The molecule has 1 heterocycles. The summed E-state index contributed by atoms with van der Waals surface area (Å²) in [6.45, 7) is 0.291. The number of rotatable bonds is 5. The normalized spacial score (nSPS) is 13.3. The van der Waals surface area contributed by atoms with Gasteiger partial charge in [-0.25, -0.2) is 0 Å². The second-order valence-electron chi connectivity index (χ2n) is 5.33. The number of nitrogens with two attached hydrogens (primary N) is 1. The van der Waals surface area contributed by atoms with Crippen molar-refractivity contribution in [1.29, 1.82) is 5.41 Å². The van der Waals surface area contributed by atoms with E-state index in [1.807, 2.05) is 24.3 Å². The summed E-state index contributed by atoms with van der Waals surface area (Å²) in [6, 6.07) is 12.7. The Morgan fingerprint density at radius 3 is 2.46 bits per heavy atom. The molecule has 1 amide bonds. The molecule has 0 saturated carbocycles. The zero-order chi connectivity index (χ0) is 17.3. The molecule has 122 valence electrons. The zero-order valence-electron chi connectivity index (χ0n) is 12.6. The van der Waals surface area contributed by atoms with Gasteiger partial charge in [0.1, 0.15) is 0 Å². The number of para-hydroxylation sites is 1. The minimum atomic E-state index is -0.554. The molecule has 0 radical (unpaired) electrons. The SMILES string of the molecule is N=C(N)[Se]Cc1ccc(CN2C(=O)C(=O)c3cccc(Cl)c32)cc1. The van der Waals surface area contributed by atoms with Gasteiger partial charge in [-0.05, 0) is 0 Å². The number of anilines is 1. The van der Waals surface area contributed by atoms with Gasteiger partial charge in [0, 0.05) is 0 Å². The van der Waals surface area contributed by atoms with Crippen LogP contribution in [0.5, 0.6) is 0 Å². The Morgan fingerprint density at radius 2 is 1.79 bits per heavy atom. The summed E-state index contributed by atoms with van der Waals surface area (Å²) in [5.74, 6) is -1.07. The monoisotopic (exact) mass is 407 g/mol. The van der Waals surface area contributed by atoms with Crippen molar-refractivity contribution in [2.45, 2.75) is 11.9 Å². The molecule has 0 spiro atoms. The third-order valence-electron chi connectivity index (χ3n) is 3.70. The Morgan fingerprint density at radius 1 is 1.12 bits per heavy atom. The molecule has 0 atom stereocenters. The third kappa shape index (κ3) is 3.22. The number of carbonyl (C=O) groups excluding carboxylic acids is 2. The molecule has 1 aliphatic rings. The van der Waals surface area contributed by atoms with Gasteiger partial charge in [0.2, 0.25) is 0 Å². The van der Waals surface area contributed by atoms with Gasteiger partial charge >= 0.3 is 150 Å². The summed E-state index contributed by atoms with van der Waals surface area (Å²) in [4.78, 5) is 25.7. The van der Waals surface area contributed by atoms with Crippen LogP contribution in [-0.2, 0) is 16.7 Å². The minimum absolute atomic E-state index is 0.0364. The molecule has 0 aromatic heterocycles. The summed E-state index contributed by atoms with van der Waals surface area (Å²) in [5.41, 5.74) is 8.23. The average Bonchev–Trinajstić information content (AvgIpc) is 2.80. The predicted octanol–water partition coefficient (Wildman–Crippen LogP) is 2.17. The van der Waals surface area contributed by atoms with Crippen LogP contribution in [0.15, 0.2) is 42.5 Å². The van der Waals surface area contributed by atoms with Gasteiger partial charge in [-0.15, -0.1) is 0 Å². The second kappa shape index (κ2) is 6.77. The number of benzene rings is 2. The van der Waals surface area contributed by atoms with Crippen LogP contribution in [0.2, 0.25) is 5.02 Å². The Hall–Kier alpha value is -2.14. The number of hydrogen-bond donors (Lipinski definition) is 2. The molecule has 3 rings (SSSR count). The molecule has 0 saturated heterocycles. The van der Waals surface area contributed by atoms with E-state index in [2.05, 4.69) is 0 Å². The van der Waals surface area contributed by atoms with Crippen LogP contribution in [0.25, 0.3) is 0 Å². The number of ketones is 1. The van der Waals surface area contributed by atoms with Crippen molar-refractivity contribution >= 4 is 48.7 Å². The molecule has 1 aliphatic heterocycles. The first kappa shape index (κ1) is 16.7. The fourth-order valence-corrected chi connectivity index (χ4v) is 3.90. The van der Waals surface area contributed by atoms with Crippen molar-refractivity contribution in [2.75, 3.05) is 4.90 Å². The molecular formula is C17H14ClN3O2Se. The second-order valence-corrected chi connectivity index (χ2v) is 7.87. The van der Waals surface area contributed by atoms with E-state index >= 15 is 0 Å². The first-order valence-electron chi connectivity index (χ1n) is 7.16. The quantitative estimate of drug-likeness (QED) is 0.345. The van der Waals surface area contributed by atoms with E-state index < -0.39 is 11.7 Å². The fraction of sp³-hybridized carbons (Fsp3) is 0.118. The number of hydrogen-bond acceptors (Lipinski definition) is 3. The summed E-state index contributed by atoms with van der Waals surface area (Å²) >= 11 is 6.14. The molecule has 7 heteroatoms. The third-order valence-corrected chi connectivity index (χ3v) is 5.66. The first-order chi connectivity index (χ1) is 11.5. The molecule has 24 heavy (non-hydrogen) atoms. The van der Waals surface area contributed by atoms with Gasteiger partial charge in [-0.2, -0.15) is 0 Å². The van der Waals surface area contributed by atoms with Gasteiger partial charge in [0.25, 0.3) is 0 Å². The Balaban J connectivity index is 1.81. The number of Topliss-reactive ketones (excluding diaryl/α,β-unsaturated/α-hetero) is 1. The molecular weight excluding hydrogens is 393 g/mol. The molecule has 0 fully saturated rings. The number of halogens is 1. The number of amidine groups is 1. The first-order valence-corrected chi connectivity index (χ1v) is 9.61. The van der Waals surface area contributed by atoms with E-state index in [9.17, 15) is 9.59 Å². The number of fused-ring (bicyclic) bond motifs is 1. The van der Waals surface area contributed by atoms with Gasteiger partial charge in [0.05, 0.1) is 0 Å². The molecule has 2 aromatic carbocycles. The molecule has 3 N–H and O–H groups in total. The van der Waals surface area contributed by atoms with Crippen LogP contribution in [0.3, 0.4) is 0 Å². The standard InChI is InChI=1S/C17H14ClN3O2Se/c18-13-3-1-2-12-14(13)21(16(23)15(12)22)8-10-4-6-11(7-5-10)9-24-17(19)20/h1-7H,8-9H2,(H3,19,20). The Bertz CT molecular complexity index is 836. The van der Waals surface area contributed by atoms with Gasteiger partial charge in [-0.1, -0.05) is 0 Å². The topological polar surface area (TPSA) is 87.2 Å². The zero-order valence-corrected chi connectivity index (χ0v) is 15.1. The van der Waals surface area contributed by atoms with Crippen LogP contribution in [-0.4, -0.2) is 31.4 Å². The van der Waals surface area contributed by atoms with Crippen LogP contribution in [0.4, 0.5) is 5.69 Å². The van der Waals surface area contributed by atoms with Crippen LogP contribution in [0.1, 0.15) is 21.5 Å². The molecule has 0 unspecified atom stereocenters. The van der Waals surface area contributed by atoms with E-state index in [0.717, 1.165) is 16.4 Å². The van der Waals surface area contributed by atoms with Gasteiger partial charge in [0.15, 0.2) is 0 Å². The van der Waals surface area contributed by atoms with Crippen LogP contribution >= 0.6 is 11.6 Å². The van der Waals surface area contributed by atoms with E-state index in [-0.39, 0.29) is 19.7 Å². The molecule has 5 nitrogen and oxygen atoms in total. The van der Waals surface area contributed by atoms with E-state index in [4.69, 9.17) is 22.7 Å². The average molecular weight is 407 g/mol. The fourth-order valence-electron chi connectivity index (χ4n) is 2.55. The van der Waals surface area contributed by atoms with E-state index in [0.29, 0.717) is 22.8 Å². The van der Waals surface area contributed by atoms with E-state index in [1.165, 1.54) is 4.90 Å². The Labute approximate surface area is 150 Å². The van der Waals surface area contributed by atoms with Crippen LogP contribution in [0, 0.1) is 5.41 Å². The number of carbonyl (C=O) groups is 2. The van der Waals surface area contributed by atoms with Crippen molar-refractivity contribution in [3.8, 4) is 0 Å². The molecule has 0 aliphatic carbocycles. The predicted molar refractivity (Wildman–Crippen MR) is 94.8 cm³/mol. The molecule has 0 bridgehead atoms. The summed E-state index contributed by atoms with van der Waals surface area (Å²) in [5, 5.41) is 8.44. The number of nitrogens with zero attached hydrogens (tertiary/aromatic N) is 1. The summed E-state index contributed by atoms with van der Waals surface area (Å²) < 4.78 is 0.221. The van der Waals surface area contributed by atoms with Crippen molar-refractivity contribution in [2.24, 2.45) is 5.73 Å². The van der Waals surface area contributed by atoms with Crippen molar-refractivity contribution < 1.29 is 9.59 Å². The van der Waals surface area contributed by atoms with Crippen molar-refractivity contribution in [3.05, 3.63) is 64.2 Å². The maximum atomic E-state index is 12.2. The van der Waals surface area contributed by atoms with Crippen molar-refractivity contribution in [3.63, 3.8) is 0 Å². The molecule has 2 aromatic rings. The Kier molecular flexibility index (Phi) is 4.71. The van der Waals surface area contributed by atoms with Crippen molar-refractivity contribution in [1.82, 2.24) is 0 Å². The number of amides is 1. The maximum absolute atomic E-state index is 12.2. The van der Waals surface area contributed by atoms with Crippen LogP contribution < -0.4 is 10.6 Å². The van der Waals surface area contributed by atoms with Gasteiger partial charge < -0.3 is 0 Å². The van der Waals surface area contributed by atoms with Gasteiger partial charge in [-0.3, -0.25) is 0 Å². The number of nitrogens with one attached hydrogen (secondary N) is 1. The summed E-state index contributed by atoms with van der Waals surface area (Å²) in [7, 11) is 0. The summed E-state index contributed by atoms with van der Waals surface area (Å²) in [6.07, 6.45) is 0.